The number of alkyl carbamates (subject to hydrolysis) is 1. The van der Waals surface area contributed by atoms with Crippen LogP contribution in [0.15, 0.2) is 0 Å². The molecule has 0 aromatic rings. The first-order valence-electron chi connectivity index (χ1n) is 8.03. The third-order valence-electron chi connectivity index (χ3n) is 4.15. The monoisotopic (exact) mass is 299 g/mol. The van der Waals surface area contributed by atoms with Gasteiger partial charge in [0.1, 0.15) is 5.60 Å². The van der Waals surface area contributed by atoms with Crippen LogP contribution in [0.3, 0.4) is 0 Å². The summed E-state index contributed by atoms with van der Waals surface area (Å²) in [5.74, 6) is 1.02. The van der Waals surface area contributed by atoms with Crippen molar-refractivity contribution >= 4 is 6.09 Å². The van der Waals surface area contributed by atoms with Crippen LogP contribution in [0.2, 0.25) is 0 Å². The predicted octanol–water partition coefficient (Wildman–Crippen LogP) is 3.08. The van der Waals surface area contributed by atoms with Gasteiger partial charge in [0, 0.05) is 13.0 Å². The van der Waals surface area contributed by atoms with E-state index in [1.807, 2.05) is 20.8 Å². The molecule has 0 radical (unpaired) electrons. The van der Waals surface area contributed by atoms with Crippen molar-refractivity contribution in [3.8, 4) is 0 Å². The lowest BCUT2D eigenvalue weighted by Gasteiger charge is -2.28. The van der Waals surface area contributed by atoms with E-state index in [0.29, 0.717) is 11.8 Å². The number of carbonyl (C=O) groups is 1. The Morgan fingerprint density at radius 2 is 2.10 bits per heavy atom. The molecular weight excluding hydrogens is 270 g/mol. The molecule has 0 spiro atoms. The van der Waals surface area contributed by atoms with Crippen molar-refractivity contribution in [2.45, 2.75) is 77.4 Å². The number of nitrogens with one attached hydrogen (secondary N) is 1. The van der Waals surface area contributed by atoms with Crippen molar-refractivity contribution < 1.29 is 19.0 Å². The Kier molecular flexibility index (Phi) is 5.15. The number of rotatable bonds is 6. The van der Waals surface area contributed by atoms with Crippen LogP contribution in [-0.2, 0) is 14.2 Å². The van der Waals surface area contributed by atoms with E-state index in [4.69, 9.17) is 14.2 Å². The fourth-order valence-corrected chi connectivity index (χ4v) is 3.11. The van der Waals surface area contributed by atoms with Crippen molar-refractivity contribution in [3.05, 3.63) is 0 Å². The van der Waals surface area contributed by atoms with Crippen molar-refractivity contribution in [1.29, 1.82) is 0 Å². The van der Waals surface area contributed by atoms with Crippen LogP contribution < -0.4 is 5.32 Å². The van der Waals surface area contributed by atoms with Crippen LogP contribution in [0.1, 0.15) is 53.4 Å². The summed E-state index contributed by atoms with van der Waals surface area (Å²) < 4.78 is 16.7. The van der Waals surface area contributed by atoms with Gasteiger partial charge in [0.05, 0.1) is 12.1 Å². The summed E-state index contributed by atoms with van der Waals surface area (Å²) in [6.07, 6.45) is 3.81. The largest absolute Gasteiger partial charge is 0.444 e. The second-order valence-corrected chi connectivity index (χ2v) is 7.16. The van der Waals surface area contributed by atoms with E-state index in [1.54, 1.807) is 7.11 Å². The molecule has 0 aromatic heterocycles. The number of methoxy groups -OCH3 is 1. The molecule has 1 aliphatic heterocycles. The van der Waals surface area contributed by atoms with Crippen LogP contribution >= 0.6 is 0 Å². The van der Waals surface area contributed by atoms with Gasteiger partial charge in [0.25, 0.3) is 0 Å². The second-order valence-electron chi connectivity index (χ2n) is 7.16. The zero-order chi connectivity index (χ0) is 15.6. The summed E-state index contributed by atoms with van der Waals surface area (Å²) in [7, 11) is 1.69. The van der Waals surface area contributed by atoms with Gasteiger partial charge in [-0.25, -0.2) is 4.79 Å². The topological polar surface area (TPSA) is 56.8 Å². The van der Waals surface area contributed by atoms with Gasteiger partial charge in [-0.1, -0.05) is 19.8 Å². The summed E-state index contributed by atoms with van der Waals surface area (Å²) in [6, 6.07) is 0.00921. The fourth-order valence-electron chi connectivity index (χ4n) is 3.11. The highest BCUT2D eigenvalue weighted by molar-refractivity contribution is 5.68. The maximum absolute atomic E-state index is 12.0. The van der Waals surface area contributed by atoms with E-state index in [1.165, 1.54) is 0 Å². The predicted molar refractivity (Wildman–Crippen MR) is 79.9 cm³/mol. The number of ether oxygens (including phenoxy) is 3. The number of hydrogen-bond acceptors (Lipinski definition) is 4. The summed E-state index contributed by atoms with van der Waals surface area (Å²) in [5, 5.41) is 3.01. The minimum Gasteiger partial charge on any atom is -0.444 e. The third-order valence-corrected chi connectivity index (χ3v) is 4.15. The van der Waals surface area contributed by atoms with Crippen LogP contribution in [0, 0.1) is 11.8 Å². The second kappa shape index (κ2) is 6.53. The summed E-state index contributed by atoms with van der Waals surface area (Å²) >= 11 is 0. The lowest BCUT2D eigenvalue weighted by molar-refractivity contribution is -0.143. The van der Waals surface area contributed by atoms with E-state index in [9.17, 15) is 4.79 Å². The summed E-state index contributed by atoms with van der Waals surface area (Å²) in [5.41, 5.74) is -0.479. The van der Waals surface area contributed by atoms with Crippen LogP contribution in [0.5, 0.6) is 0 Å². The first kappa shape index (κ1) is 16.6. The molecule has 1 aliphatic carbocycles. The number of unbranched alkanes of at least 4 members (excludes halogenated alkanes) is 1. The molecule has 5 atom stereocenters. The van der Waals surface area contributed by atoms with Gasteiger partial charge in [-0.2, -0.15) is 0 Å². The Hall–Kier alpha value is -0.810. The van der Waals surface area contributed by atoms with Gasteiger partial charge in [-0.15, -0.1) is 0 Å². The normalized spacial score (nSPS) is 32.4. The van der Waals surface area contributed by atoms with Crippen LogP contribution in [-0.4, -0.2) is 37.2 Å². The van der Waals surface area contributed by atoms with E-state index in [2.05, 4.69) is 12.2 Å². The Morgan fingerprint density at radius 3 is 2.62 bits per heavy atom. The number of amides is 1. The fraction of sp³-hybridized carbons (Fsp3) is 0.938. The molecule has 2 aliphatic rings. The quantitative estimate of drug-likeness (QED) is 0.819. The minimum absolute atomic E-state index is 0.00921. The molecule has 5 nitrogen and oxygen atoms in total. The molecular formula is C16H29NO4. The molecule has 2 fully saturated rings. The zero-order valence-electron chi connectivity index (χ0n) is 13.8. The van der Waals surface area contributed by atoms with E-state index >= 15 is 0 Å². The molecule has 5 heteroatoms. The first-order valence-corrected chi connectivity index (χ1v) is 8.03. The zero-order valence-corrected chi connectivity index (χ0v) is 13.8. The van der Waals surface area contributed by atoms with Gasteiger partial charge in [-0.05, 0) is 39.5 Å². The minimum atomic E-state index is -0.479. The van der Waals surface area contributed by atoms with Crippen LogP contribution in [0.4, 0.5) is 4.79 Å². The van der Waals surface area contributed by atoms with E-state index < -0.39 is 5.60 Å². The number of hydrogen-bond donors (Lipinski definition) is 1. The van der Waals surface area contributed by atoms with Crippen LogP contribution in [0.25, 0.3) is 0 Å². The molecule has 0 unspecified atom stereocenters. The van der Waals surface area contributed by atoms with Crippen molar-refractivity contribution in [2.24, 2.45) is 11.8 Å². The van der Waals surface area contributed by atoms with Gasteiger partial charge in [0.2, 0.25) is 0 Å². The average molecular weight is 299 g/mol. The molecule has 0 aromatic carbocycles. The molecule has 21 heavy (non-hydrogen) atoms. The molecule has 1 saturated carbocycles. The van der Waals surface area contributed by atoms with Crippen molar-refractivity contribution in [2.75, 3.05) is 7.11 Å². The maximum Gasteiger partial charge on any atom is 0.407 e. The average Bonchev–Trinajstić information content (AvgIpc) is 3.08. The highest BCUT2D eigenvalue weighted by Crippen LogP contribution is 2.53. The van der Waals surface area contributed by atoms with Gasteiger partial charge < -0.3 is 19.5 Å². The number of carbonyl (C=O) groups excluding carboxylic acids is 1. The third kappa shape index (κ3) is 4.33. The Bertz CT molecular complexity index is 366. The highest BCUT2D eigenvalue weighted by Gasteiger charge is 2.58. The summed E-state index contributed by atoms with van der Waals surface area (Å²) in [4.78, 5) is 12.0. The van der Waals surface area contributed by atoms with E-state index in [0.717, 1.165) is 25.7 Å². The van der Waals surface area contributed by atoms with Crippen molar-refractivity contribution in [1.82, 2.24) is 5.32 Å². The summed E-state index contributed by atoms with van der Waals surface area (Å²) in [6.45, 7) is 7.77. The molecule has 122 valence electrons. The van der Waals surface area contributed by atoms with E-state index in [-0.39, 0.29) is 24.5 Å². The van der Waals surface area contributed by atoms with Crippen molar-refractivity contribution in [3.63, 3.8) is 0 Å². The molecule has 1 amide bonds. The standard InChI is InChI=1S/C16H29NO4/c1-6-7-8-12(17-15(18)21-16(2,3)4)13-10-9-11(10)14(19-5)20-13/h10-14H,6-9H2,1-5H3,(H,17,18)/t10-,11+,12+,13+,14+/m1/s1. The molecule has 1 saturated heterocycles. The first-order chi connectivity index (χ1) is 9.85. The highest BCUT2D eigenvalue weighted by atomic mass is 16.7. The number of fused-ring (bicyclic) bond motifs is 1. The Morgan fingerprint density at radius 1 is 1.38 bits per heavy atom. The lowest BCUT2D eigenvalue weighted by Crippen LogP contribution is -2.46. The lowest BCUT2D eigenvalue weighted by atomic mass is 10.0. The Labute approximate surface area is 127 Å². The van der Waals surface area contributed by atoms with Gasteiger partial charge in [-0.3, -0.25) is 0 Å². The maximum atomic E-state index is 12.0. The van der Waals surface area contributed by atoms with Gasteiger partial charge >= 0.3 is 6.09 Å². The smallest absolute Gasteiger partial charge is 0.407 e. The molecule has 1 N–H and O–H groups in total. The molecule has 0 bridgehead atoms. The SMILES string of the molecule is CCCC[C@H](NC(=O)OC(C)(C)C)[C@H]1O[C@H](OC)[C@H]2C[C@H]21. The molecule has 2 rings (SSSR count). The Balaban J connectivity index is 1.94. The molecule has 1 heterocycles. The van der Waals surface area contributed by atoms with Gasteiger partial charge in [0.15, 0.2) is 6.29 Å².